The smallest absolute Gasteiger partial charge is 0.387 e. The van der Waals surface area contributed by atoms with Gasteiger partial charge in [-0.15, -0.1) is 0 Å². The number of rotatable bonds is 5. The average Bonchev–Trinajstić information content (AvgIpc) is 2.74. The van der Waals surface area contributed by atoms with Crippen LogP contribution < -0.4 is 4.74 Å². The number of nitrogens with zero attached hydrogens (tertiary/aromatic N) is 3. The minimum absolute atomic E-state index is 0.0464. The number of alkyl halides is 2. The summed E-state index contributed by atoms with van der Waals surface area (Å²) in [6.07, 6.45) is 1.81. The molecule has 4 rings (SSSR count). The highest BCUT2D eigenvalue weighted by Gasteiger charge is 2.22. The molecule has 0 N–H and O–H groups in total. The van der Waals surface area contributed by atoms with Crippen LogP contribution in [0.3, 0.4) is 0 Å². The third kappa shape index (κ3) is 4.51. The molecule has 2 aromatic carbocycles. The van der Waals surface area contributed by atoms with Gasteiger partial charge in [0.05, 0.1) is 5.52 Å². The van der Waals surface area contributed by atoms with Crippen molar-refractivity contribution in [2.24, 2.45) is 0 Å². The van der Waals surface area contributed by atoms with Crippen LogP contribution in [-0.2, 0) is 6.54 Å². The van der Waals surface area contributed by atoms with Crippen LogP contribution in [0, 0.1) is 0 Å². The summed E-state index contributed by atoms with van der Waals surface area (Å²) in [6, 6.07) is 16.0. The highest BCUT2D eigenvalue weighted by molar-refractivity contribution is 5.94. The normalized spacial score (nSPS) is 15.1. The van der Waals surface area contributed by atoms with E-state index in [0.717, 1.165) is 30.5 Å². The Kier molecular flexibility index (Phi) is 5.67. The summed E-state index contributed by atoms with van der Waals surface area (Å²) < 4.78 is 28.8. The number of fused-ring (bicyclic) bond motifs is 1. The van der Waals surface area contributed by atoms with Gasteiger partial charge in [0.25, 0.3) is 5.91 Å². The summed E-state index contributed by atoms with van der Waals surface area (Å²) in [4.78, 5) is 21.3. The van der Waals surface area contributed by atoms with Crippen molar-refractivity contribution in [2.75, 3.05) is 26.2 Å². The second-order valence-corrected chi connectivity index (χ2v) is 6.96. The molecular weight excluding hydrogens is 376 g/mol. The Hall–Kier alpha value is -3.06. The Morgan fingerprint density at radius 3 is 2.45 bits per heavy atom. The first kappa shape index (κ1) is 19.3. The number of halogens is 2. The van der Waals surface area contributed by atoms with Crippen LogP contribution in [0.1, 0.15) is 15.9 Å². The van der Waals surface area contributed by atoms with Gasteiger partial charge < -0.3 is 9.64 Å². The van der Waals surface area contributed by atoms with Gasteiger partial charge in [-0.05, 0) is 35.9 Å². The Morgan fingerprint density at radius 1 is 1.00 bits per heavy atom. The molecule has 150 valence electrons. The monoisotopic (exact) mass is 397 g/mol. The van der Waals surface area contributed by atoms with Crippen molar-refractivity contribution >= 4 is 16.8 Å². The fraction of sp³-hybridized carbons (Fsp3) is 0.273. The first-order valence-electron chi connectivity index (χ1n) is 9.49. The molecule has 0 bridgehead atoms. The van der Waals surface area contributed by atoms with Gasteiger partial charge in [-0.2, -0.15) is 8.78 Å². The number of amides is 1. The van der Waals surface area contributed by atoms with Crippen LogP contribution in [0.5, 0.6) is 5.75 Å². The fourth-order valence-corrected chi connectivity index (χ4v) is 3.61. The zero-order chi connectivity index (χ0) is 20.2. The lowest BCUT2D eigenvalue weighted by molar-refractivity contribution is -0.0498. The van der Waals surface area contributed by atoms with E-state index >= 15 is 0 Å². The summed E-state index contributed by atoms with van der Waals surface area (Å²) in [5.41, 5.74) is 2.66. The second-order valence-electron chi connectivity index (χ2n) is 6.96. The molecule has 0 unspecified atom stereocenters. The Bertz CT molecular complexity index is 982. The summed E-state index contributed by atoms with van der Waals surface area (Å²) in [6.45, 7) is 0.680. The third-order valence-corrected chi connectivity index (χ3v) is 5.10. The van der Waals surface area contributed by atoms with Gasteiger partial charge >= 0.3 is 6.61 Å². The van der Waals surface area contributed by atoms with E-state index < -0.39 is 6.61 Å². The third-order valence-electron chi connectivity index (χ3n) is 5.10. The molecule has 1 fully saturated rings. The maximum Gasteiger partial charge on any atom is 0.387 e. The van der Waals surface area contributed by atoms with Gasteiger partial charge in [-0.25, -0.2) is 0 Å². The second kappa shape index (κ2) is 8.53. The van der Waals surface area contributed by atoms with E-state index in [1.165, 1.54) is 29.8 Å². The molecule has 1 amide bonds. The zero-order valence-corrected chi connectivity index (χ0v) is 15.8. The van der Waals surface area contributed by atoms with Crippen molar-refractivity contribution in [1.82, 2.24) is 14.8 Å². The number of hydrogen-bond acceptors (Lipinski definition) is 4. The molecular formula is C22H21F2N3O2. The van der Waals surface area contributed by atoms with E-state index in [0.29, 0.717) is 18.7 Å². The van der Waals surface area contributed by atoms with Crippen molar-refractivity contribution in [1.29, 1.82) is 0 Å². The number of para-hydroxylation sites is 1. The number of piperazine rings is 1. The molecule has 2 heterocycles. The topological polar surface area (TPSA) is 45.7 Å². The highest BCUT2D eigenvalue weighted by atomic mass is 19.3. The summed E-state index contributed by atoms with van der Waals surface area (Å²) in [5.74, 6) is -0.0508. The van der Waals surface area contributed by atoms with Crippen molar-refractivity contribution in [2.45, 2.75) is 13.2 Å². The van der Waals surface area contributed by atoms with Crippen LogP contribution in [-0.4, -0.2) is 53.5 Å². The van der Waals surface area contributed by atoms with Crippen molar-refractivity contribution < 1.29 is 18.3 Å². The molecule has 1 aliphatic rings. The molecule has 1 saturated heterocycles. The Balaban J connectivity index is 1.36. The molecule has 5 nitrogen and oxygen atoms in total. The molecule has 0 saturated carbocycles. The van der Waals surface area contributed by atoms with E-state index in [1.807, 2.05) is 12.1 Å². The standard InChI is InChI=1S/C22H21F2N3O2/c23-22(24)29-19-8-6-17(7-9-19)21(28)27-13-11-26(12-14-27)15-18-4-1-3-16-5-2-10-25-20(16)18/h1-10,22H,11-15H2. The maximum absolute atomic E-state index is 12.7. The van der Waals surface area contributed by atoms with E-state index in [9.17, 15) is 13.6 Å². The minimum atomic E-state index is -2.87. The van der Waals surface area contributed by atoms with E-state index in [4.69, 9.17) is 0 Å². The highest BCUT2D eigenvalue weighted by Crippen LogP contribution is 2.20. The number of ether oxygens (including phenoxy) is 1. The summed E-state index contributed by atoms with van der Waals surface area (Å²) in [7, 11) is 0. The first-order chi connectivity index (χ1) is 14.1. The number of benzene rings is 2. The number of aromatic nitrogens is 1. The van der Waals surface area contributed by atoms with Crippen LogP contribution in [0.15, 0.2) is 60.8 Å². The molecule has 1 aliphatic heterocycles. The Labute approximate surface area is 167 Å². The lowest BCUT2D eigenvalue weighted by Crippen LogP contribution is -2.48. The fourth-order valence-electron chi connectivity index (χ4n) is 3.61. The van der Waals surface area contributed by atoms with Gasteiger partial charge in [0, 0.05) is 49.9 Å². The summed E-state index contributed by atoms with van der Waals surface area (Å²) >= 11 is 0. The van der Waals surface area contributed by atoms with Gasteiger partial charge in [-0.3, -0.25) is 14.7 Å². The lowest BCUT2D eigenvalue weighted by Gasteiger charge is -2.35. The van der Waals surface area contributed by atoms with E-state index in [1.54, 1.807) is 11.1 Å². The number of pyridine rings is 1. The van der Waals surface area contributed by atoms with Gasteiger partial charge in [0.15, 0.2) is 0 Å². The molecule has 1 aromatic heterocycles. The molecule has 0 atom stereocenters. The lowest BCUT2D eigenvalue weighted by atomic mass is 10.1. The van der Waals surface area contributed by atoms with Crippen molar-refractivity contribution in [3.8, 4) is 5.75 Å². The predicted octanol–water partition coefficient (Wildman–Crippen LogP) is 3.79. The van der Waals surface area contributed by atoms with Crippen LogP contribution >= 0.6 is 0 Å². The number of hydrogen-bond donors (Lipinski definition) is 0. The molecule has 0 aliphatic carbocycles. The SMILES string of the molecule is O=C(c1ccc(OC(F)F)cc1)N1CCN(Cc2cccc3cccnc23)CC1. The van der Waals surface area contributed by atoms with Crippen LogP contribution in [0.4, 0.5) is 8.78 Å². The summed E-state index contributed by atoms with van der Waals surface area (Å²) in [5, 5.41) is 1.12. The molecule has 3 aromatic rings. The molecule has 0 radical (unpaired) electrons. The maximum atomic E-state index is 12.7. The first-order valence-corrected chi connectivity index (χ1v) is 9.49. The minimum Gasteiger partial charge on any atom is -0.435 e. The van der Waals surface area contributed by atoms with E-state index in [2.05, 4.69) is 32.8 Å². The predicted molar refractivity (Wildman–Crippen MR) is 106 cm³/mol. The number of carbonyl (C=O) groups is 1. The van der Waals surface area contributed by atoms with Crippen molar-refractivity contribution in [3.05, 3.63) is 71.9 Å². The molecule has 7 heteroatoms. The van der Waals surface area contributed by atoms with Gasteiger partial charge in [0.2, 0.25) is 0 Å². The Morgan fingerprint density at radius 2 is 1.72 bits per heavy atom. The van der Waals surface area contributed by atoms with Crippen molar-refractivity contribution in [3.63, 3.8) is 0 Å². The van der Waals surface area contributed by atoms with Gasteiger partial charge in [0.1, 0.15) is 5.75 Å². The van der Waals surface area contributed by atoms with Crippen LogP contribution in [0.2, 0.25) is 0 Å². The van der Waals surface area contributed by atoms with Gasteiger partial charge in [-0.1, -0.05) is 24.3 Å². The average molecular weight is 397 g/mol. The van der Waals surface area contributed by atoms with E-state index in [-0.39, 0.29) is 11.7 Å². The quantitative estimate of drug-likeness (QED) is 0.657. The zero-order valence-electron chi connectivity index (χ0n) is 15.8. The van der Waals surface area contributed by atoms with Crippen LogP contribution in [0.25, 0.3) is 10.9 Å². The molecule has 29 heavy (non-hydrogen) atoms. The molecule has 0 spiro atoms. The largest absolute Gasteiger partial charge is 0.435 e. The number of carbonyl (C=O) groups excluding carboxylic acids is 1.